The maximum atomic E-state index is 3.21. The molecule has 84 valence electrons. The molecule has 0 aromatic carbocycles. The molecule has 1 saturated heterocycles. The zero-order chi connectivity index (χ0) is 10.6. The Morgan fingerprint density at radius 2 is 1.86 bits per heavy atom. The first-order chi connectivity index (χ1) is 6.65. The van der Waals surface area contributed by atoms with Crippen LogP contribution in [-0.4, -0.2) is 37.6 Å². The fraction of sp³-hybridized carbons (Fsp3) is 1.00. The van der Waals surface area contributed by atoms with E-state index in [9.17, 15) is 0 Å². The van der Waals surface area contributed by atoms with E-state index in [2.05, 4.69) is 31.0 Å². The summed E-state index contributed by atoms with van der Waals surface area (Å²) in [5.74, 6) is 1.78. The lowest BCUT2D eigenvalue weighted by molar-refractivity contribution is 0.233. The topological polar surface area (TPSA) is 15.3 Å². The van der Waals surface area contributed by atoms with Crippen molar-refractivity contribution in [2.45, 2.75) is 39.7 Å². The first-order valence-electron chi connectivity index (χ1n) is 6.03. The monoisotopic (exact) mass is 198 g/mol. The molecule has 1 heterocycles. The molecular formula is C12H26N2. The minimum absolute atomic E-state index is 0.774. The molecule has 3 unspecified atom stereocenters. The molecule has 1 N–H and O–H groups in total. The van der Waals surface area contributed by atoms with Gasteiger partial charge in [0.05, 0.1) is 0 Å². The van der Waals surface area contributed by atoms with E-state index in [1.165, 1.54) is 25.9 Å². The van der Waals surface area contributed by atoms with Crippen LogP contribution in [-0.2, 0) is 0 Å². The number of likely N-dealkylation sites (tertiary alicyclic amines) is 1. The summed E-state index contributed by atoms with van der Waals surface area (Å²) in [6, 6.07) is 0.774. The first-order valence-corrected chi connectivity index (χ1v) is 6.03. The molecule has 0 aromatic heterocycles. The van der Waals surface area contributed by atoms with Crippen molar-refractivity contribution in [1.29, 1.82) is 0 Å². The van der Waals surface area contributed by atoms with Crippen LogP contribution in [0, 0.1) is 11.8 Å². The molecule has 0 amide bonds. The number of nitrogens with one attached hydrogen (secondary N) is 1. The van der Waals surface area contributed by atoms with E-state index in [0.717, 1.165) is 24.4 Å². The maximum Gasteiger partial charge on any atom is 0.00676 e. The molecule has 1 fully saturated rings. The van der Waals surface area contributed by atoms with Gasteiger partial charge in [0.15, 0.2) is 0 Å². The zero-order valence-corrected chi connectivity index (χ0v) is 10.2. The zero-order valence-electron chi connectivity index (χ0n) is 10.2. The molecule has 1 aliphatic rings. The second-order valence-corrected chi connectivity index (χ2v) is 5.00. The largest absolute Gasteiger partial charge is 0.320 e. The van der Waals surface area contributed by atoms with Crippen molar-refractivity contribution in [1.82, 2.24) is 10.2 Å². The number of hydrogen-bond acceptors (Lipinski definition) is 2. The van der Waals surface area contributed by atoms with Crippen molar-refractivity contribution in [2.24, 2.45) is 11.8 Å². The molecule has 1 aliphatic heterocycles. The van der Waals surface area contributed by atoms with Crippen LogP contribution < -0.4 is 5.32 Å². The minimum atomic E-state index is 0.774. The van der Waals surface area contributed by atoms with Crippen LogP contribution in [0.1, 0.15) is 33.6 Å². The van der Waals surface area contributed by atoms with Gasteiger partial charge in [-0.3, -0.25) is 0 Å². The molecular weight excluding hydrogens is 172 g/mol. The van der Waals surface area contributed by atoms with Crippen LogP contribution in [0.4, 0.5) is 0 Å². The predicted molar refractivity (Wildman–Crippen MR) is 62.5 cm³/mol. The standard InChI is InChI=1S/C12H26N2/c1-10-8-14(9-11(10)2)12(3)6-5-7-13-4/h10-13H,5-9H2,1-4H3. The molecule has 0 aromatic rings. The second-order valence-electron chi connectivity index (χ2n) is 5.00. The van der Waals surface area contributed by atoms with E-state index in [1.807, 2.05) is 7.05 Å². The van der Waals surface area contributed by atoms with Gasteiger partial charge in [-0.15, -0.1) is 0 Å². The van der Waals surface area contributed by atoms with Crippen molar-refractivity contribution >= 4 is 0 Å². The lowest BCUT2D eigenvalue weighted by atomic mass is 10.0. The highest BCUT2D eigenvalue weighted by molar-refractivity contribution is 4.81. The fourth-order valence-electron chi connectivity index (χ4n) is 2.29. The van der Waals surface area contributed by atoms with Gasteiger partial charge in [0.1, 0.15) is 0 Å². The van der Waals surface area contributed by atoms with E-state index < -0.39 is 0 Å². The van der Waals surface area contributed by atoms with E-state index >= 15 is 0 Å². The summed E-state index contributed by atoms with van der Waals surface area (Å²) in [6.45, 7) is 10.9. The summed E-state index contributed by atoms with van der Waals surface area (Å²) >= 11 is 0. The van der Waals surface area contributed by atoms with Crippen molar-refractivity contribution in [3.05, 3.63) is 0 Å². The summed E-state index contributed by atoms with van der Waals surface area (Å²) in [7, 11) is 2.03. The van der Waals surface area contributed by atoms with Gasteiger partial charge in [-0.05, 0) is 45.2 Å². The van der Waals surface area contributed by atoms with Gasteiger partial charge in [-0.25, -0.2) is 0 Å². The van der Waals surface area contributed by atoms with Gasteiger partial charge in [-0.1, -0.05) is 13.8 Å². The SMILES string of the molecule is CNCCCC(C)N1CC(C)C(C)C1. The molecule has 0 saturated carbocycles. The average Bonchev–Trinajstić information content (AvgIpc) is 2.47. The lowest BCUT2D eigenvalue weighted by Crippen LogP contribution is -2.31. The summed E-state index contributed by atoms with van der Waals surface area (Å²) in [5.41, 5.74) is 0. The summed E-state index contributed by atoms with van der Waals surface area (Å²) in [5, 5.41) is 3.21. The quantitative estimate of drug-likeness (QED) is 0.679. The van der Waals surface area contributed by atoms with Crippen LogP contribution >= 0.6 is 0 Å². The highest BCUT2D eigenvalue weighted by Gasteiger charge is 2.28. The third kappa shape index (κ3) is 3.25. The van der Waals surface area contributed by atoms with Crippen LogP contribution in [0.15, 0.2) is 0 Å². The summed E-state index contributed by atoms with van der Waals surface area (Å²) in [6.07, 6.45) is 2.64. The Morgan fingerprint density at radius 3 is 2.36 bits per heavy atom. The third-order valence-electron chi connectivity index (χ3n) is 3.69. The van der Waals surface area contributed by atoms with Crippen LogP contribution in [0.3, 0.4) is 0 Å². The van der Waals surface area contributed by atoms with Crippen molar-refractivity contribution in [2.75, 3.05) is 26.7 Å². The molecule has 2 heteroatoms. The molecule has 0 bridgehead atoms. The Bertz CT molecular complexity index is 148. The Morgan fingerprint density at radius 1 is 1.29 bits per heavy atom. The highest BCUT2D eigenvalue weighted by atomic mass is 15.2. The van der Waals surface area contributed by atoms with Gasteiger partial charge in [0.25, 0.3) is 0 Å². The Labute approximate surface area is 89.1 Å². The first kappa shape index (κ1) is 12.0. The molecule has 3 atom stereocenters. The van der Waals surface area contributed by atoms with E-state index in [0.29, 0.717) is 0 Å². The Hall–Kier alpha value is -0.0800. The molecule has 14 heavy (non-hydrogen) atoms. The average molecular weight is 198 g/mol. The van der Waals surface area contributed by atoms with E-state index in [-0.39, 0.29) is 0 Å². The molecule has 2 nitrogen and oxygen atoms in total. The van der Waals surface area contributed by atoms with Crippen LogP contribution in [0.2, 0.25) is 0 Å². The fourth-order valence-corrected chi connectivity index (χ4v) is 2.29. The van der Waals surface area contributed by atoms with Crippen molar-refractivity contribution < 1.29 is 0 Å². The third-order valence-corrected chi connectivity index (χ3v) is 3.69. The van der Waals surface area contributed by atoms with Crippen LogP contribution in [0.25, 0.3) is 0 Å². The highest BCUT2D eigenvalue weighted by Crippen LogP contribution is 2.24. The van der Waals surface area contributed by atoms with Gasteiger partial charge in [0.2, 0.25) is 0 Å². The van der Waals surface area contributed by atoms with Gasteiger partial charge >= 0.3 is 0 Å². The maximum absolute atomic E-state index is 3.21. The predicted octanol–water partition coefficient (Wildman–Crippen LogP) is 1.96. The normalized spacial score (nSPS) is 30.9. The van der Waals surface area contributed by atoms with Gasteiger partial charge in [0, 0.05) is 19.1 Å². The molecule has 0 spiro atoms. The van der Waals surface area contributed by atoms with Crippen molar-refractivity contribution in [3.63, 3.8) is 0 Å². The lowest BCUT2D eigenvalue weighted by Gasteiger charge is -2.24. The van der Waals surface area contributed by atoms with Crippen LogP contribution in [0.5, 0.6) is 0 Å². The Balaban J connectivity index is 2.21. The number of rotatable bonds is 5. The molecule has 0 radical (unpaired) electrons. The second kappa shape index (κ2) is 5.72. The summed E-state index contributed by atoms with van der Waals surface area (Å²) < 4.78 is 0. The van der Waals surface area contributed by atoms with E-state index in [1.54, 1.807) is 0 Å². The smallest absolute Gasteiger partial charge is 0.00676 e. The van der Waals surface area contributed by atoms with E-state index in [4.69, 9.17) is 0 Å². The summed E-state index contributed by atoms with van der Waals surface area (Å²) in [4.78, 5) is 2.66. The number of nitrogens with zero attached hydrogens (tertiary/aromatic N) is 1. The minimum Gasteiger partial charge on any atom is -0.320 e. The van der Waals surface area contributed by atoms with Gasteiger partial charge in [-0.2, -0.15) is 0 Å². The Kier molecular flexibility index (Phi) is 4.90. The van der Waals surface area contributed by atoms with Gasteiger partial charge < -0.3 is 10.2 Å². The molecule has 1 rings (SSSR count). The number of hydrogen-bond donors (Lipinski definition) is 1. The van der Waals surface area contributed by atoms with Crippen molar-refractivity contribution in [3.8, 4) is 0 Å². The molecule has 0 aliphatic carbocycles.